The van der Waals surface area contributed by atoms with E-state index in [1.54, 1.807) is 6.07 Å². The minimum Gasteiger partial charge on any atom is -0.456 e. The highest BCUT2D eigenvalue weighted by molar-refractivity contribution is 6.06. The lowest BCUT2D eigenvalue weighted by molar-refractivity contribution is -0.00518. The van der Waals surface area contributed by atoms with Crippen LogP contribution in [0.5, 0.6) is 0 Å². The number of benzene rings is 4. The van der Waals surface area contributed by atoms with E-state index in [9.17, 15) is 5.26 Å². The smallest absolute Gasteiger partial charge is 0.164 e. The zero-order chi connectivity index (χ0) is 28.5. The Kier molecular flexibility index (Phi) is 5.38. The highest BCUT2D eigenvalue weighted by atomic mass is 16.3. The molecule has 43 heavy (non-hydrogen) atoms. The molecule has 0 atom stereocenters. The van der Waals surface area contributed by atoms with Gasteiger partial charge in [0.15, 0.2) is 17.5 Å². The number of nitrogens with zero attached hydrogens (tertiary/aromatic N) is 4. The number of aromatic nitrogens is 3. The lowest BCUT2D eigenvalue weighted by Crippen LogP contribution is -2.48. The van der Waals surface area contributed by atoms with E-state index in [4.69, 9.17) is 19.4 Å². The predicted octanol–water partition coefficient (Wildman–Crippen LogP) is 9.11. The van der Waals surface area contributed by atoms with Crippen molar-refractivity contribution in [1.82, 2.24) is 15.0 Å². The van der Waals surface area contributed by atoms with Gasteiger partial charge in [0.1, 0.15) is 11.2 Å². The van der Waals surface area contributed by atoms with Gasteiger partial charge in [-0.05, 0) is 97.6 Å². The summed E-state index contributed by atoms with van der Waals surface area (Å²) in [5.74, 6) is 4.68. The van der Waals surface area contributed by atoms with Crippen molar-refractivity contribution in [1.29, 1.82) is 5.26 Å². The van der Waals surface area contributed by atoms with Crippen molar-refractivity contribution in [3.05, 3.63) is 102 Å². The third-order valence-corrected chi connectivity index (χ3v) is 10.3. The molecular formula is C38H30N4O. The van der Waals surface area contributed by atoms with Gasteiger partial charge >= 0.3 is 0 Å². The van der Waals surface area contributed by atoms with Crippen LogP contribution in [0.15, 0.2) is 95.4 Å². The summed E-state index contributed by atoms with van der Waals surface area (Å²) < 4.78 is 6.18. The van der Waals surface area contributed by atoms with Gasteiger partial charge in [0.25, 0.3) is 0 Å². The Labute approximate surface area is 250 Å². The highest BCUT2D eigenvalue weighted by Crippen LogP contribution is 2.60. The Hall–Kier alpha value is -4.82. The van der Waals surface area contributed by atoms with Gasteiger partial charge in [-0.3, -0.25) is 0 Å². The van der Waals surface area contributed by atoms with Crippen LogP contribution in [0, 0.1) is 29.1 Å². The number of hydrogen-bond donors (Lipinski definition) is 0. The molecule has 5 nitrogen and oxygen atoms in total. The van der Waals surface area contributed by atoms with Crippen LogP contribution in [0.3, 0.4) is 0 Å². The molecule has 2 aromatic heterocycles. The van der Waals surface area contributed by atoms with Crippen molar-refractivity contribution in [2.24, 2.45) is 17.8 Å². The highest BCUT2D eigenvalue weighted by Gasteiger charge is 2.51. The molecule has 5 heteroatoms. The van der Waals surface area contributed by atoms with E-state index in [0.717, 1.165) is 50.8 Å². The van der Waals surface area contributed by atoms with Crippen molar-refractivity contribution >= 4 is 21.9 Å². The summed E-state index contributed by atoms with van der Waals surface area (Å²) in [6.07, 6.45) is 8.42. The molecule has 208 valence electrons. The Morgan fingerprint density at radius 1 is 0.605 bits per heavy atom. The van der Waals surface area contributed by atoms with Crippen molar-refractivity contribution in [3.8, 4) is 40.2 Å². The van der Waals surface area contributed by atoms with E-state index >= 15 is 0 Å². The maximum atomic E-state index is 9.32. The van der Waals surface area contributed by atoms with Crippen LogP contribution in [0.1, 0.15) is 49.7 Å². The first-order valence-corrected chi connectivity index (χ1v) is 15.4. The third kappa shape index (κ3) is 4.08. The maximum absolute atomic E-state index is 9.32. The maximum Gasteiger partial charge on any atom is 0.164 e. The van der Waals surface area contributed by atoms with E-state index in [1.807, 2.05) is 54.6 Å². The van der Waals surface area contributed by atoms with Crippen LogP contribution < -0.4 is 0 Å². The van der Waals surface area contributed by atoms with Crippen molar-refractivity contribution in [2.45, 2.75) is 43.9 Å². The predicted molar refractivity (Wildman–Crippen MR) is 168 cm³/mol. The van der Waals surface area contributed by atoms with Gasteiger partial charge in [0.2, 0.25) is 0 Å². The molecule has 0 unspecified atom stereocenters. The second kappa shape index (κ2) is 9.34. The standard InChI is InChI=1S/C38H30N4O/c39-22-23-6-12-31-32-13-9-29(18-34(32)43-33(31)17-23)37-41-35(27-4-2-1-3-5-27)40-36(42-37)28-7-10-30(11-8-28)38-19-24-14-25(20-38)16-26(15-24)21-38/h1-13,17-18,24-26H,14-16,19-21H2/t24-,25+,26-,38?. The quantitative estimate of drug-likeness (QED) is 0.216. The first-order valence-electron chi connectivity index (χ1n) is 15.4. The summed E-state index contributed by atoms with van der Waals surface area (Å²) in [6.45, 7) is 0. The second-order valence-electron chi connectivity index (χ2n) is 13.1. The molecular weight excluding hydrogens is 528 g/mol. The topological polar surface area (TPSA) is 75.6 Å². The number of hydrogen-bond acceptors (Lipinski definition) is 5. The lowest BCUT2D eigenvalue weighted by atomic mass is 9.48. The molecule has 0 aliphatic heterocycles. The Morgan fingerprint density at radius 3 is 1.77 bits per heavy atom. The second-order valence-corrected chi connectivity index (χ2v) is 13.1. The average Bonchev–Trinajstić information content (AvgIpc) is 3.41. The van der Waals surface area contributed by atoms with Gasteiger partial charge in [-0.15, -0.1) is 0 Å². The molecule has 4 fully saturated rings. The fraction of sp³-hybridized carbons (Fsp3) is 0.263. The lowest BCUT2D eigenvalue weighted by Gasteiger charge is -2.57. The Balaban J connectivity index is 1.13. The fourth-order valence-electron chi connectivity index (χ4n) is 8.77. The number of nitriles is 1. The van der Waals surface area contributed by atoms with Gasteiger partial charge in [-0.2, -0.15) is 5.26 Å². The monoisotopic (exact) mass is 558 g/mol. The zero-order valence-corrected chi connectivity index (χ0v) is 23.8. The van der Waals surface area contributed by atoms with Gasteiger partial charge < -0.3 is 4.42 Å². The average molecular weight is 559 g/mol. The SMILES string of the molecule is N#Cc1ccc2c(c1)oc1cc(-c3nc(-c4ccccc4)nc(-c4ccc(C56C[C@H]7C[C@@H](C5)C[C@@H](C6)C7)cc4)n3)ccc12. The molecule has 4 saturated carbocycles. The number of fused-ring (bicyclic) bond motifs is 3. The molecule has 0 amide bonds. The third-order valence-electron chi connectivity index (χ3n) is 10.3. The zero-order valence-electron chi connectivity index (χ0n) is 23.8. The van der Waals surface area contributed by atoms with E-state index in [0.29, 0.717) is 34.0 Å². The van der Waals surface area contributed by atoms with Crippen molar-refractivity contribution in [3.63, 3.8) is 0 Å². The van der Waals surface area contributed by atoms with Crippen LogP contribution in [-0.2, 0) is 5.41 Å². The van der Waals surface area contributed by atoms with Crippen LogP contribution >= 0.6 is 0 Å². The largest absolute Gasteiger partial charge is 0.456 e. The first kappa shape index (κ1) is 24.7. The van der Waals surface area contributed by atoms with Crippen LogP contribution in [0.25, 0.3) is 56.1 Å². The van der Waals surface area contributed by atoms with Crippen LogP contribution in [-0.4, -0.2) is 15.0 Å². The molecule has 10 rings (SSSR count). The Morgan fingerprint density at radius 2 is 1.14 bits per heavy atom. The van der Waals surface area contributed by atoms with E-state index in [2.05, 4.69) is 36.4 Å². The van der Waals surface area contributed by atoms with Crippen molar-refractivity contribution < 1.29 is 4.42 Å². The van der Waals surface area contributed by atoms with E-state index in [-0.39, 0.29) is 0 Å². The molecule has 4 bridgehead atoms. The summed E-state index contributed by atoms with van der Waals surface area (Å²) in [4.78, 5) is 14.9. The fourth-order valence-corrected chi connectivity index (χ4v) is 8.77. The summed E-state index contributed by atoms with van der Waals surface area (Å²) in [6, 6.07) is 33.1. The molecule has 0 saturated heterocycles. The molecule has 0 spiro atoms. The van der Waals surface area contributed by atoms with Crippen LogP contribution in [0.4, 0.5) is 0 Å². The van der Waals surface area contributed by atoms with Gasteiger partial charge in [0, 0.05) is 27.5 Å². The molecule has 2 heterocycles. The molecule has 6 aromatic rings. The molecule has 4 aliphatic rings. The minimum absolute atomic E-state index is 0.364. The van der Waals surface area contributed by atoms with Gasteiger partial charge in [-0.25, -0.2) is 15.0 Å². The summed E-state index contributed by atoms with van der Waals surface area (Å²) in [5, 5.41) is 11.3. The molecule has 0 N–H and O–H groups in total. The first-order chi connectivity index (χ1) is 21.1. The van der Waals surface area contributed by atoms with Crippen LogP contribution in [0.2, 0.25) is 0 Å². The minimum atomic E-state index is 0.364. The summed E-state index contributed by atoms with van der Waals surface area (Å²) in [7, 11) is 0. The summed E-state index contributed by atoms with van der Waals surface area (Å²) >= 11 is 0. The van der Waals surface area contributed by atoms with Gasteiger partial charge in [0.05, 0.1) is 11.6 Å². The molecule has 4 aliphatic carbocycles. The molecule has 4 aromatic carbocycles. The van der Waals surface area contributed by atoms with Gasteiger partial charge in [-0.1, -0.05) is 60.7 Å². The molecule has 0 radical (unpaired) electrons. The van der Waals surface area contributed by atoms with Crippen molar-refractivity contribution in [2.75, 3.05) is 0 Å². The number of furan rings is 1. The summed E-state index contributed by atoms with van der Waals surface area (Å²) in [5.41, 5.74) is 6.70. The van der Waals surface area contributed by atoms with E-state index < -0.39 is 0 Å². The normalized spacial score (nSPS) is 24.0. The Bertz CT molecular complexity index is 2030. The van der Waals surface area contributed by atoms with E-state index in [1.165, 1.54) is 44.1 Å². The number of rotatable bonds is 4.